The van der Waals surface area contributed by atoms with Gasteiger partial charge in [0.25, 0.3) is 0 Å². The van der Waals surface area contributed by atoms with Gasteiger partial charge in [0, 0.05) is 17.2 Å². The van der Waals surface area contributed by atoms with Gasteiger partial charge in [-0.3, -0.25) is 5.11 Å². The van der Waals surface area contributed by atoms with Crippen LogP contribution >= 0.6 is 0 Å². The number of nitriles is 1. The highest BCUT2D eigenvalue weighted by molar-refractivity contribution is 5.72. The van der Waals surface area contributed by atoms with Crippen molar-refractivity contribution in [3.63, 3.8) is 0 Å². The monoisotopic (exact) mass is 430 g/mol. The van der Waals surface area contributed by atoms with Gasteiger partial charge in [0.1, 0.15) is 40.7 Å². The van der Waals surface area contributed by atoms with E-state index in [1.165, 1.54) is 18.2 Å². The third-order valence-corrected chi connectivity index (χ3v) is 5.00. The number of aryl methyl sites for hydroxylation is 2. The fraction of sp³-hybridized carbons (Fsp3) is 0.208. The van der Waals surface area contributed by atoms with E-state index in [0.29, 0.717) is 18.1 Å². The van der Waals surface area contributed by atoms with Gasteiger partial charge in [-0.15, -0.1) is 0 Å². The summed E-state index contributed by atoms with van der Waals surface area (Å²) in [6, 6.07) is 7.86. The summed E-state index contributed by atoms with van der Waals surface area (Å²) < 4.78 is 71.5. The van der Waals surface area contributed by atoms with Crippen molar-refractivity contribution in [1.82, 2.24) is 0 Å². The lowest BCUT2D eigenvalue weighted by molar-refractivity contribution is 0.350. The molecule has 0 heterocycles. The number of nitrogens with zero attached hydrogens (tertiary/aromatic N) is 1. The molecule has 0 aliphatic heterocycles. The predicted octanol–water partition coefficient (Wildman–Crippen LogP) is 6.80. The third-order valence-electron chi connectivity index (χ3n) is 5.00. The van der Waals surface area contributed by atoms with Crippen LogP contribution in [0.2, 0.25) is 0 Å². The first-order valence-electron chi connectivity index (χ1n) is 9.61. The molecule has 0 aliphatic rings. The van der Waals surface area contributed by atoms with Gasteiger partial charge < -0.3 is 0 Å². The molecule has 0 fully saturated rings. The lowest BCUT2D eigenvalue weighted by Crippen LogP contribution is -2.03. The maximum absolute atomic E-state index is 15.1. The SMILES string of the molecule is CCCc1ccc(-c2c([O])cc(F)c(CCc3cc(F)c(C#N)c(F)c3)c2F)c(F)c1. The van der Waals surface area contributed by atoms with Crippen LogP contribution in [0.4, 0.5) is 22.0 Å². The molecular weight excluding hydrogens is 413 g/mol. The van der Waals surface area contributed by atoms with Gasteiger partial charge in [-0.25, -0.2) is 22.0 Å². The lowest BCUT2D eigenvalue weighted by atomic mass is 9.95. The Morgan fingerprint density at radius 3 is 2.03 bits per heavy atom. The average molecular weight is 430 g/mol. The summed E-state index contributed by atoms with van der Waals surface area (Å²) in [5, 5.41) is 20.9. The van der Waals surface area contributed by atoms with E-state index in [1.54, 1.807) is 6.07 Å². The van der Waals surface area contributed by atoms with Crippen LogP contribution in [0.3, 0.4) is 0 Å². The molecule has 0 saturated heterocycles. The van der Waals surface area contributed by atoms with E-state index < -0.39 is 51.5 Å². The maximum Gasteiger partial charge on any atom is 0.192 e. The summed E-state index contributed by atoms with van der Waals surface area (Å²) in [5.74, 6) is -6.29. The molecule has 0 aliphatic carbocycles. The molecule has 0 aromatic heterocycles. The maximum atomic E-state index is 15.1. The van der Waals surface area contributed by atoms with Crippen LogP contribution in [0.1, 0.15) is 35.6 Å². The fourth-order valence-corrected chi connectivity index (χ4v) is 3.47. The standard InChI is InChI=1S/C24H17F5NO/c1-2-3-13-4-6-15(18(25)8-13)23-22(31)11-21(28)16(24(23)29)7-5-14-9-19(26)17(12-30)20(27)10-14/h4,6,8-11H,2-3,5,7H2,1H3. The lowest BCUT2D eigenvalue weighted by Gasteiger charge is -2.13. The molecule has 2 nitrogen and oxygen atoms in total. The van der Waals surface area contributed by atoms with E-state index in [1.807, 2.05) is 6.92 Å². The predicted molar refractivity (Wildman–Crippen MR) is 104 cm³/mol. The second-order valence-electron chi connectivity index (χ2n) is 7.13. The Kier molecular flexibility index (Phi) is 6.59. The zero-order chi connectivity index (χ0) is 22.7. The van der Waals surface area contributed by atoms with Gasteiger partial charge in [-0.05, 0) is 48.6 Å². The zero-order valence-electron chi connectivity index (χ0n) is 16.5. The van der Waals surface area contributed by atoms with Crippen molar-refractivity contribution in [3.05, 3.63) is 87.7 Å². The van der Waals surface area contributed by atoms with E-state index >= 15 is 4.39 Å². The Morgan fingerprint density at radius 2 is 1.45 bits per heavy atom. The Balaban J connectivity index is 1.98. The van der Waals surface area contributed by atoms with Crippen molar-refractivity contribution < 1.29 is 27.1 Å². The van der Waals surface area contributed by atoms with Crippen LogP contribution in [0.5, 0.6) is 5.75 Å². The van der Waals surface area contributed by atoms with Crippen LogP contribution in [-0.4, -0.2) is 0 Å². The summed E-state index contributed by atoms with van der Waals surface area (Å²) in [4.78, 5) is 0. The fourth-order valence-electron chi connectivity index (χ4n) is 3.47. The van der Waals surface area contributed by atoms with Crippen LogP contribution in [0.15, 0.2) is 36.4 Å². The average Bonchev–Trinajstić information content (AvgIpc) is 2.69. The molecule has 0 amide bonds. The molecule has 1 radical (unpaired) electrons. The smallest absolute Gasteiger partial charge is 0.192 e. The van der Waals surface area contributed by atoms with Gasteiger partial charge in [0.05, 0.1) is 5.56 Å². The summed E-state index contributed by atoms with van der Waals surface area (Å²) in [6.45, 7) is 1.92. The molecule has 0 atom stereocenters. The van der Waals surface area contributed by atoms with E-state index in [2.05, 4.69) is 0 Å². The normalized spacial score (nSPS) is 10.9. The number of benzene rings is 3. The highest BCUT2D eigenvalue weighted by Crippen LogP contribution is 2.37. The molecule has 0 N–H and O–H groups in total. The first kappa shape index (κ1) is 22.3. The minimum absolute atomic E-state index is 0.0793. The largest absolute Gasteiger partial charge is 0.289 e. The summed E-state index contributed by atoms with van der Waals surface area (Å²) >= 11 is 0. The number of hydrogen-bond donors (Lipinski definition) is 0. The van der Waals surface area contributed by atoms with Crippen molar-refractivity contribution in [2.75, 3.05) is 0 Å². The summed E-state index contributed by atoms with van der Waals surface area (Å²) in [7, 11) is 0. The Morgan fingerprint density at radius 1 is 0.806 bits per heavy atom. The minimum atomic E-state index is -1.21. The van der Waals surface area contributed by atoms with Crippen LogP contribution in [-0.2, 0) is 24.4 Å². The summed E-state index contributed by atoms with van der Waals surface area (Å²) in [5.41, 5.74) is -1.34. The number of halogens is 5. The van der Waals surface area contributed by atoms with E-state index in [9.17, 15) is 22.7 Å². The molecule has 0 spiro atoms. The molecule has 0 bridgehead atoms. The zero-order valence-corrected chi connectivity index (χ0v) is 16.5. The third kappa shape index (κ3) is 4.53. The van der Waals surface area contributed by atoms with Gasteiger partial charge >= 0.3 is 0 Å². The van der Waals surface area contributed by atoms with E-state index in [-0.39, 0.29) is 24.0 Å². The van der Waals surface area contributed by atoms with Crippen LogP contribution in [0.25, 0.3) is 11.1 Å². The van der Waals surface area contributed by atoms with E-state index in [0.717, 1.165) is 18.6 Å². The molecule has 159 valence electrons. The van der Waals surface area contributed by atoms with Gasteiger partial charge in [0.15, 0.2) is 5.75 Å². The highest BCUT2D eigenvalue weighted by atomic mass is 19.1. The van der Waals surface area contributed by atoms with Crippen molar-refractivity contribution in [2.24, 2.45) is 0 Å². The molecule has 0 unspecified atom stereocenters. The molecule has 3 aromatic carbocycles. The molecule has 3 aromatic rings. The molecular formula is C24H17F5NO. The molecule has 31 heavy (non-hydrogen) atoms. The Hall–Kier alpha value is -3.40. The molecule has 0 saturated carbocycles. The first-order chi connectivity index (χ1) is 14.8. The minimum Gasteiger partial charge on any atom is -0.289 e. The highest BCUT2D eigenvalue weighted by Gasteiger charge is 2.23. The van der Waals surface area contributed by atoms with Crippen molar-refractivity contribution in [3.8, 4) is 22.9 Å². The van der Waals surface area contributed by atoms with Crippen LogP contribution < -0.4 is 0 Å². The first-order valence-corrected chi connectivity index (χ1v) is 9.61. The van der Waals surface area contributed by atoms with Gasteiger partial charge in [0.2, 0.25) is 0 Å². The van der Waals surface area contributed by atoms with Crippen molar-refractivity contribution >= 4 is 0 Å². The van der Waals surface area contributed by atoms with E-state index in [4.69, 9.17) is 5.26 Å². The second-order valence-corrected chi connectivity index (χ2v) is 7.13. The number of hydrogen-bond acceptors (Lipinski definition) is 1. The Labute approximate surface area is 176 Å². The Bertz CT molecular complexity index is 1160. The van der Waals surface area contributed by atoms with Crippen molar-refractivity contribution in [2.45, 2.75) is 32.6 Å². The van der Waals surface area contributed by atoms with Gasteiger partial charge in [-0.1, -0.05) is 25.5 Å². The van der Waals surface area contributed by atoms with Gasteiger partial charge in [-0.2, -0.15) is 5.26 Å². The summed E-state index contributed by atoms with van der Waals surface area (Å²) in [6.07, 6.45) is 0.891. The van der Waals surface area contributed by atoms with Crippen molar-refractivity contribution in [1.29, 1.82) is 5.26 Å². The second kappa shape index (κ2) is 9.17. The molecule has 7 heteroatoms. The topological polar surface area (TPSA) is 43.7 Å². The number of rotatable bonds is 6. The molecule has 3 rings (SSSR count). The quantitative estimate of drug-likeness (QED) is 0.397. The van der Waals surface area contributed by atoms with Crippen LogP contribution in [0, 0.1) is 40.4 Å².